The first-order chi connectivity index (χ1) is 4.77. The number of unbranched alkanes of at least 4 members (excludes halogenated alkanes) is 3. The fourth-order valence-electron chi connectivity index (χ4n) is 0.976. The smallest absolute Gasteiger partial charge is 0.00477 e. The minimum absolute atomic E-state index is 0.847. The van der Waals surface area contributed by atoms with Gasteiger partial charge >= 0.3 is 0 Å². The van der Waals surface area contributed by atoms with Crippen LogP contribution < -0.4 is 0 Å². The van der Waals surface area contributed by atoms with Gasteiger partial charge in [0.2, 0.25) is 0 Å². The number of nitrogens with one attached hydrogen (secondary N) is 1. The van der Waals surface area contributed by atoms with Gasteiger partial charge in [0.25, 0.3) is 0 Å². The van der Waals surface area contributed by atoms with Crippen LogP contribution in [0.5, 0.6) is 0 Å². The highest BCUT2D eigenvalue weighted by atomic mass is 14.3. The van der Waals surface area contributed by atoms with Crippen LogP contribution >= 0.6 is 0 Å². The lowest BCUT2D eigenvalue weighted by molar-refractivity contribution is 0.531. The maximum Gasteiger partial charge on any atom is -0.00477 e. The molecule has 0 aromatic carbocycles. The Morgan fingerprint density at radius 3 is 2.40 bits per heavy atom. The lowest BCUT2D eigenvalue weighted by Crippen LogP contribution is -1.86. The predicted octanol–water partition coefficient (Wildman–Crippen LogP) is 3.24. The highest BCUT2D eigenvalue weighted by Crippen LogP contribution is 2.08. The normalized spacial score (nSPS) is 10.3. The molecular formula is C9H19N. The van der Waals surface area contributed by atoms with Gasteiger partial charge in [0.15, 0.2) is 0 Å². The summed E-state index contributed by atoms with van der Waals surface area (Å²) in [5, 5.41) is 6.80. The molecule has 0 amide bonds. The molecule has 0 aliphatic carbocycles. The highest BCUT2D eigenvalue weighted by molar-refractivity contribution is 5.52. The molecule has 0 heterocycles. The Morgan fingerprint density at radius 2 is 1.90 bits per heavy atom. The third-order valence-electron chi connectivity index (χ3n) is 1.63. The third kappa shape index (κ3) is 7.67. The van der Waals surface area contributed by atoms with Gasteiger partial charge in [-0.3, -0.25) is 0 Å². The molecular weight excluding hydrogens is 122 g/mol. The SMILES string of the molecule is CC(C)CCCCCC=N. The van der Waals surface area contributed by atoms with Gasteiger partial charge in [0, 0.05) is 0 Å². The topological polar surface area (TPSA) is 23.9 Å². The van der Waals surface area contributed by atoms with E-state index < -0.39 is 0 Å². The molecule has 0 saturated carbocycles. The maximum atomic E-state index is 6.80. The van der Waals surface area contributed by atoms with Crippen LogP contribution in [0.4, 0.5) is 0 Å². The summed E-state index contributed by atoms with van der Waals surface area (Å²) < 4.78 is 0. The Hall–Kier alpha value is -0.330. The summed E-state index contributed by atoms with van der Waals surface area (Å²) in [5.74, 6) is 0.847. The van der Waals surface area contributed by atoms with Gasteiger partial charge in [-0.2, -0.15) is 0 Å². The Labute approximate surface area is 64.3 Å². The van der Waals surface area contributed by atoms with Crippen LogP contribution in [0, 0.1) is 11.3 Å². The fraction of sp³-hybridized carbons (Fsp3) is 0.889. The molecule has 0 unspecified atom stereocenters. The monoisotopic (exact) mass is 141 g/mol. The Morgan fingerprint density at radius 1 is 1.20 bits per heavy atom. The summed E-state index contributed by atoms with van der Waals surface area (Å²) in [5.41, 5.74) is 0. The van der Waals surface area contributed by atoms with Crippen molar-refractivity contribution in [1.82, 2.24) is 0 Å². The van der Waals surface area contributed by atoms with Crippen molar-refractivity contribution >= 4 is 6.21 Å². The van der Waals surface area contributed by atoms with Crippen molar-refractivity contribution in [3.8, 4) is 0 Å². The summed E-state index contributed by atoms with van der Waals surface area (Å²) in [4.78, 5) is 0. The second-order valence-electron chi connectivity index (χ2n) is 3.24. The van der Waals surface area contributed by atoms with Gasteiger partial charge in [-0.1, -0.05) is 33.1 Å². The average molecular weight is 141 g/mol. The minimum atomic E-state index is 0.847. The number of hydrogen-bond donors (Lipinski definition) is 1. The molecule has 0 aliphatic heterocycles. The zero-order valence-corrected chi connectivity index (χ0v) is 7.19. The van der Waals surface area contributed by atoms with Crippen LogP contribution in [-0.2, 0) is 0 Å². The molecule has 0 aromatic heterocycles. The number of hydrogen-bond acceptors (Lipinski definition) is 1. The van der Waals surface area contributed by atoms with Crippen LogP contribution in [-0.4, -0.2) is 6.21 Å². The molecule has 1 N–H and O–H groups in total. The van der Waals surface area contributed by atoms with Crippen molar-refractivity contribution < 1.29 is 0 Å². The highest BCUT2D eigenvalue weighted by Gasteiger charge is 1.92. The van der Waals surface area contributed by atoms with E-state index in [9.17, 15) is 0 Å². The summed E-state index contributed by atoms with van der Waals surface area (Å²) in [6.45, 7) is 4.52. The van der Waals surface area contributed by atoms with Gasteiger partial charge in [0.1, 0.15) is 0 Å². The van der Waals surface area contributed by atoms with E-state index in [1.165, 1.54) is 31.9 Å². The van der Waals surface area contributed by atoms with Crippen LogP contribution in [0.1, 0.15) is 46.0 Å². The molecule has 60 valence electrons. The van der Waals surface area contributed by atoms with Crippen molar-refractivity contribution in [1.29, 1.82) is 5.41 Å². The van der Waals surface area contributed by atoms with Crippen LogP contribution in [0.15, 0.2) is 0 Å². The molecule has 0 rings (SSSR count). The van der Waals surface area contributed by atoms with E-state index in [-0.39, 0.29) is 0 Å². The molecule has 0 radical (unpaired) electrons. The minimum Gasteiger partial charge on any atom is -0.313 e. The van der Waals surface area contributed by atoms with Crippen molar-refractivity contribution in [2.45, 2.75) is 46.0 Å². The van der Waals surface area contributed by atoms with Gasteiger partial charge in [-0.15, -0.1) is 0 Å². The molecule has 0 fully saturated rings. The fourth-order valence-corrected chi connectivity index (χ4v) is 0.976. The molecule has 0 atom stereocenters. The van der Waals surface area contributed by atoms with Gasteiger partial charge in [-0.25, -0.2) is 0 Å². The number of rotatable bonds is 6. The Balaban J connectivity index is 2.83. The summed E-state index contributed by atoms with van der Waals surface area (Å²) in [6.07, 6.45) is 7.67. The lowest BCUT2D eigenvalue weighted by atomic mass is 10.0. The first-order valence-electron chi connectivity index (χ1n) is 4.26. The van der Waals surface area contributed by atoms with E-state index in [1.807, 2.05) is 0 Å². The molecule has 0 aromatic rings. The van der Waals surface area contributed by atoms with E-state index in [2.05, 4.69) is 13.8 Å². The largest absolute Gasteiger partial charge is 0.313 e. The van der Waals surface area contributed by atoms with E-state index >= 15 is 0 Å². The molecule has 1 heteroatoms. The summed E-state index contributed by atoms with van der Waals surface area (Å²) >= 11 is 0. The van der Waals surface area contributed by atoms with Crippen LogP contribution in [0.3, 0.4) is 0 Å². The molecule has 0 saturated heterocycles. The molecule has 0 aliphatic rings. The average Bonchev–Trinajstić information content (AvgIpc) is 1.87. The van der Waals surface area contributed by atoms with Crippen molar-refractivity contribution in [3.05, 3.63) is 0 Å². The van der Waals surface area contributed by atoms with Gasteiger partial charge in [0.05, 0.1) is 0 Å². The van der Waals surface area contributed by atoms with Crippen molar-refractivity contribution in [2.24, 2.45) is 5.92 Å². The van der Waals surface area contributed by atoms with Crippen molar-refractivity contribution in [2.75, 3.05) is 0 Å². The quantitative estimate of drug-likeness (QED) is 0.433. The van der Waals surface area contributed by atoms with E-state index in [4.69, 9.17) is 5.41 Å². The Kier molecular flexibility index (Phi) is 6.56. The maximum absolute atomic E-state index is 6.80. The zero-order chi connectivity index (χ0) is 7.82. The molecule has 0 spiro atoms. The first kappa shape index (κ1) is 9.67. The van der Waals surface area contributed by atoms with Gasteiger partial charge in [-0.05, 0) is 25.0 Å². The Bertz CT molecular complexity index is 76.8. The molecule has 1 nitrogen and oxygen atoms in total. The predicted molar refractivity (Wildman–Crippen MR) is 46.7 cm³/mol. The lowest BCUT2D eigenvalue weighted by Gasteiger charge is -2.01. The molecule has 0 bridgehead atoms. The van der Waals surface area contributed by atoms with Crippen LogP contribution in [0.2, 0.25) is 0 Å². The third-order valence-corrected chi connectivity index (χ3v) is 1.63. The summed E-state index contributed by atoms with van der Waals surface area (Å²) in [6, 6.07) is 0. The second-order valence-corrected chi connectivity index (χ2v) is 3.24. The van der Waals surface area contributed by atoms with E-state index in [1.54, 1.807) is 0 Å². The van der Waals surface area contributed by atoms with Gasteiger partial charge < -0.3 is 5.41 Å². The van der Waals surface area contributed by atoms with E-state index in [0.717, 1.165) is 12.3 Å². The standard InChI is InChI=1S/C9H19N/c1-9(2)7-5-3-4-6-8-10/h8-10H,3-7H2,1-2H3. The van der Waals surface area contributed by atoms with Crippen molar-refractivity contribution in [3.63, 3.8) is 0 Å². The molecule has 10 heavy (non-hydrogen) atoms. The second kappa shape index (κ2) is 6.79. The first-order valence-corrected chi connectivity index (χ1v) is 4.26. The summed E-state index contributed by atoms with van der Waals surface area (Å²) in [7, 11) is 0. The van der Waals surface area contributed by atoms with Crippen LogP contribution in [0.25, 0.3) is 0 Å². The zero-order valence-electron chi connectivity index (χ0n) is 7.19. The van der Waals surface area contributed by atoms with E-state index in [0.29, 0.717) is 0 Å².